The van der Waals surface area contributed by atoms with E-state index in [0.717, 1.165) is 43.0 Å². The summed E-state index contributed by atoms with van der Waals surface area (Å²) in [5, 5.41) is 2.89. The van der Waals surface area contributed by atoms with Crippen molar-refractivity contribution in [2.75, 3.05) is 19.6 Å². The quantitative estimate of drug-likeness (QED) is 0.911. The Morgan fingerprint density at radius 1 is 1.08 bits per heavy atom. The number of para-hydroxylation sites is 1. The van der Waals surface area contributed by atoms with Gasteiger partial charge in [-0.15, -0.1) is 0 Å². The number of benzene rings is 1. The van der Waals surface area contributed by atoms with Crippen LogP contribution in [0.15, 0.2) is 36.4 Å². The van der Waals surface area contributed by atoms with Crippen LogP contribution in [-0.2, 0) is 4.79 Å². The minimum atomic E-state index is -0.121. The highest BCUT2D eigenvalue weighted by molar-refractivity contribution is 5.96. The number of carbonyl (C=O) groups excluding carboxylic acids is 2. The zero-order chi connectivity index (χ0) is 17.8. The molecule has 1 saturated heterocycles. The Hall–Kier alpha value is -2.56. The summed E-state index contributed by atoms with van der Waals surface area (Å²) in [6.45, 7) is 6.02. The molecule has 0 atom stereocenters. The molecule has 1 aromatic carbocycles. The average molecular weight is 339 g/mol. The molecule has 0 unspecified atom stereocenters. The van der Waals surface area contributed by atoms with Crippen molar-refractivity contribution in [3.8, 4) is 5.69 Å². The number of aryl methyl sites for hydroxylation is 1. The summed E-state index contributed by atoms with van der Waals surface area (Å²) < 4.78 is 2.07. The number of amides is 2. The predicted octanol–water partition coefficient (Wildman–Crippen LogP) is 2.84. The van der Waals surface area contributed by atoms with Crippen LogP contribution in [0.25, 0.3) is 5.69 Å². The molecule has 2 heterocycles. The molecule has 0 spiro atoms. The largest absolute Gasteiger partial charge is 0.351 e. The van der Waals surface area contributed by atoms with Gasteiger partial charge in [-0.25, -0.2) is 0 Å². The van der Waals surface area contributed by atoms with Crippen molar-refractivity contribution in [2.45, 2.75) is 33.1 Å². The summed E-state index contributed by atoms with van der Waals surface area (Å²) in [6.07, 6.45) is 2.54. The van der Waals surface area contributed by atoms with Crippen molar-refractivity contribution < 1.29 is 9.59 Å². The molecule has 1 aliphatic rings. The Bertz CT molecular complexity index is 759. The smallest absolute Gasteiger partial charge is 0.253 e. The van der Waals surface area contributed by atoms with Crippen molar-refractivity contribution in [3.05, 3.63) is 53.3 Å². The van der Waals surface area contributed by atoms with Crippen LogP contribution in [0.3, 0.4) is 0 Å². The van der Waals surface area contributed by atoms with Gasteiger partial charge in [0.1, 0.15) is 0 Å². The minimum Gasteiger partial charge on any atom is -0.351 e. The second-order valence-corrected chi connectivity index (χ2v) is 6.55. The van der Waals surface area contributed by atoms with Crippen LogP contribution < -0.4 is 5.32 Å². The number of carbonyl (C=O) groups is 2. The van der Waals surface area contributed by atoms with E-state index in [1.807, 2.05) is 55.1 Å². The molecular weight excluding hydrogens is 314 g/mol. The molecule has 1 N–H and O–H groups in total. The summed E-state index contributed by atoms with van der Waals surface area (Å²) in [5.41, 5.74) is 3.63. The Morgan fingerprint density at radius 2 is 1.76 bits per heavy atom. The van der Waals surface area contributed by atoms with Gasteiger partial charge in [-0.3, -0.25) is 9.59 Å². The summed E-state index contributed by atoms with van der Waals surface area (Å²) in [4.78, 5) is 26.4. The van der Waals surface area contributed by atoms with Crippen LogP contribution in [0.1, 0.15) is 41.0 Å². The van der Waals surface area contributed by atoms with Crippen molar-refractivity contribution in [3.63, 3.8) is 0 Å². The molecule has 3 rings (SSSR count). The fourth-order valence-electron chi connectivity index (χ4n) is 3.47. The number of nitrogens with zero attached hydrogens (tertiary/aromatic N) is 2. The Kier molecular flexibility index (Phi) is 5.22. The van der Waals surface area contributed by atoms with Crippen molar-refractivity contribution in [1.82, 2.24) is 14.8 Å². The number of aromatic nitrogens is 1. The first-order chi connectivity index (χ1) is 12.1. The average Bonchev–Trinajstić information content (AvgIpc) is 3.24. The monoisotopic (exact) mass is 339 g/mol. The van der Waals surface area contributed by atoms with Crippen LogP contribution in [0.4, 0.5) is 0 Å². The third kappa shape index (κ3) is 3.76. The van der Waals surface area contributed by atoms with E-state index >= 15 is 0 Å². The second-order valence-electron chi connectivity index (χ2n) is 6.55. The Balaban J connectivity index is 1.64. The maximum atomic E-state index is 12.5. The maximum absolute atomic E-state index is 12.5. The first kappa shape index (κ1) is 17.3. The summed E-state index contributed by atoms with van der Waals surface area (Å²) >= 11 is 0. The zero-order valence-corrected chi connectivity index (χ0v) is 14.9. The maximum Gasteiger partial charge on any atom is 0.253 e. The minimum absolute atomic E-state index is 0.121. The van der Waals surface area contributed by atoms with E-state index < -0.39 is 0 Å². The van der Waals surface area contributed by atoms with Gasteiger partial charge in [-0.2, -0.15) is 0 Å². The molecule has 0 radical (unpaired) electrons. The highest BCUT2D eigenvalue weighted by Gasteiger charge is 2.19. The third-order valence-electron chi connectivity index (χ3n) is 4.77. The van der Waals surface area contributed by atoms with E-state index in [9.17, 15) is 9.59 Å². The van der Waals surface area contributed by atoms with E-state index in [4.69, 9.17) is 0 Å². The van der Waals surface area contributed by atoms with E-state index in [1.165, 1.54) is 0 Å². The van der Waals surface area contributed by atoms with Crippen LogP contribution in [-0.4, -0.2) is 40.9 Å². The topological polar surface area (TPSA) is 54.3 Å². The normalized spacial score (nSPS) is 13.9. The molecule has 25 heavy (non-hydrogen) atoms. The number of hydrogen-bond acceptors (Lipinski definition) is 2. The molecule has 5 nitrogen and oxygen atoms in total. The van der Waals surface area contributed by atoms with Crippen LogP contribution in [0, 0.1) is 13.8 Å². The molecule has 1 fully saturated rings. The van der Waals surface area contributed by atoms with Gasteiger partial charge in [0, 0.05) is 43.1 Å². The lowest BCUT2D eigenvalue weighted by molar-refractivity contribution is -0.129. The molecule has 0 saturated carbocycles. The van der Waals surface area contributed by atoms with Gasteiger partial charge < -0.3 is 14.8 Å². The molecule has 132 valence electrons. The number of hydrogen-bond donors (Lipinski definition) is 1. The number of rotatable bonds is 5. The second kappa shape index (κ2) is 7.55. The van der Waals surface area contributed by atoms with Crippen LogP contribution in [0.5, 0.6) is 0 Å². The Labute approximate surface area is 148 Å². The van der Waals surface area contributed by atoms with E-state index in [1.54, 1.807) is 0 Å². The number of nitrogens with one attached hydrogen (secondary N) is 1. The molecule has 1 aromatic heterocycles. The first-order valence-electron chi connectivity index (χ1n) is 8.88. The number of likely N-dealkylation sites (tertiary alicyclic amines) is 1. The first-order valence-corrected chi connectivity index (χ1v) is 8.88. The van der Waals surface area contributed by atoms with Gasteiger partial charge in [0.2, 0.25) is 5.91 Å². The van der Waals surface area contributed by atoms with Crippen molar-refractivity contribution in [2.24, 2.45) is 0 Å². The Morgan fingerprint density at radius 3 is 2.44 bits per heavy atom. The van der Waals surface area contributed by atoms with E-state index in [2.05, 4.69) is 9.88 Å². The fraction of sp³-hybridized carbons (Fsp3) is 0.400. The standard InChI is InChI=1S/C20H25N3O2/c1-15-14-18(16(2)23(15)17-8-4-3-5-9-17)20(25)21-11-10-19(24)22-12-6-7-13-22/h3-5,8-9,14H,6-7,10-13H2,1-2H3,(H,21,25). The van der Waals surface area contributed by atoms with E-state index in [-0.39, 0.29) is 11.8 Å². The lowest BCUT2D eigenvalue weighted by Crippen LogP contribution is -2.32. The molecule has 2 aromatic rings. The van der Waals surface area contributed by atoms with Gasteiger partial charge in [0.05, 0.1) is 5.56 Å². The highest BCUT2D eigenvalue weighted by Crippen LogP contribution is 2.20. The van der Waals surface area contributed by atoms with Crippen LogP contribution in [0.2, 0.25) is 0 Å². The van der Waals surface area contributed by atoms with Crippen LogP contribution >= 0.6 is 0 Å². The van der Waals surface area contributed by atoms with Gasteiger partial charge >= 0.3 is 0 Å². The molecule has 0 bridgehead atoms. The SMILES string of the molecule is Cc1cc(C(=O)NCCC(=O)N2CCCC2)c(C)n1-c1ccccc1. The molecule has 1 aliphatic heterocycles. The third-order valence-corrected chi connectivity index (χ3v) is 4.77. The lowest BCUT2D eigenvalue weighted by Gasteiger charge is -2.15. The van der Waals surface area contributed by atoms with Gasteiger partial charge in [0.25, 0.3) is 5.91 Å². The predicted molar refractivity (Wildman–Crippen MR) is 98.0 cm³/mol. The lowest BCUT2D eigenvalue weighted by atomic mass is 10.2. The zero-order valence-electron chi connectivity index (χ0n) is 14.9. The van der Waals surface area contributed by atoms with E-state index in [0.29, 0.717) is 18.5 Å². The summed E-state index contributed by atoms with van der Waals surface area (Å²) in [7, 11) is 0. The molecule has 5 heteroatoms. The molecular formula is C20H25N3O2. The molecule has 2 amide bonds. The molecule has 0 aliphatic carbocycles. The summed E-state index contributed by atoms with van der Waals surface area (Å²) in [6, 6.07) is 11.9. The van der Waals surface area contributed by atoms with Crippen molar-refractivity contribution >= 4 is 11.8 Å². The van der Waals surface area contributed by atoms with Gasteiger partial charge in [-0.05, 0) is 44.9 Å². The highest BCUT2D eigenvalue weighted by atomic mass is 16.2. The fourth-order valence-corrected chi connectivity index (χ4v) is 3.47. The van der Waals surface area contributed by atoms with Gasteiger partial charge in [0.15, 0.2) is 0 Å². The van der Waals surface area contributed by atoms with Crippen molar-refractivity contribution in [1.29, 1.82) is 0 Å². The summed E-state index contributed by atoms with van der Waals surface area (Å²) in [5.74, 6) is 0.0112. The van der Waals surface area contributed by atoms with Gasteiger partial charge in [-0.1, -0.05) is 18.2 Å².